The van der Waals surface area contributed by atoms with Crippen LogP contribution >= 0.6 is 0 Å². The lowest BCUT2D eigenvalue weighted by atomic mass is 10.0. The van der Waals surface area contributed by atoms with Crippen LogP contribution in [0.2, 0.25) is 0 Å². The molecule has 0 atom stereocenters. The molecule has 0 amide bonds. The Morgan fingerprint density at radius 2 is 1.54 bits per heavy atom. The fourth-order valence-electron chi connectivity index (χ4n) is 4.14. The molecule has 1 aliphatic rings. The SMILES string of the molecule is Cn1c(=O)c2c3c(n(-c4ccccc4)c2n(C)c1=O)Cc1ccccc1C=C3. The molecule has 0 N–H and O–H groups in total. The average molecular weight is 369 g/mol. The van der Waals surface area contributed by atoms with Crippen molar-refractivity contribution in [3.05, 3.63) is 97.8 Å². The summed E-state index contributed by atoms with van der Waals surface area (Å²) < 4.78 is 4.81. The Morgan fingerprint density at radius 1 is 0.821 bits per heavy atom. The molecule has 28 heavy (non-hydrogen) atoms. The summed E-state index contributed by atoms with van der Waals surface area (Å²) in [7, 11) is 3.26. The van der Waals surface area contributed by atoms with Crippen LogP contribution in [0.4, 0.5) is 0 Å². The molecule has 138 valence electrons. The number of hydrogen-bond donors (Lipinski definition) is 0. The average Bonchev–Trinajstić information content (AvgIpc) is 2.92. The van der Waals surface area contributed by atoms with Gasteiger partial charge in [0.2, 0.25) is 0 Å². The number of aryl methyl sites for hydroxylation is 1. The largest absolute Gasteiger partial charge is 0.332 e. The zero-order valence-corrected chi connectivity index (χ0v) is 15.7. The second kappa shape index (κ2) is 5.96. The highest BCUT2D eigenvalue weighted by Gasteiger charge is 2.25. The number of nitrogens with zero attached hydrogens (tertiary/aromatic N) is 3. The Balaban J connectivity index is 2.00. The van der Waals surface area contributed by atoms with Crippen LogP contribution in [0.25, 0.3) is 28.9 Å². The van der Waals surface area contributed by atoms with E-state index in [1.807, 2.05) is 48.5 Å². The zero-order valence-electron chi connectivity index (χ0n) is 15.7. The van der Waals surface area contributed by atoms with Crippen molar-refractivity contribution in [2.24, 2.45) is 14.1 Å². The van der Waals surface area contributed by atoms with E-state index in [4.69, 9.17) is 0 Å². The van der Waals surface area contributed by atoms with Gasteiger partial charge in [0, 0.05) is 37.5 Å². The second-order valence-electron chi connectivity index (χ2n) is 7.14. The van der Waals surface area contributed by atoms with Crippen molar-refractivity contribution < 1.29 is 0 Å². The van der Waals surface area contributed by atoms with Crippen LogP contribution in [0.15, 0.2) is 64.2 Å². The van der Waals surface area contributed by atoms with Crippen molar-refractivity contribution in [2.45, 2.75) is 6.42 Å². The summed E-state index contributed by atoms with van der Waals surface area (Å²) in [5.74, 6) is 0. The van der Waals surface area contributed by atoms with Gasteiger partial charge in [-0.2, -0.15) is 0 Å². The lowest BCUT2D eigenvalue weighted by Crippen LogP contribution is -2.37. The quantitative estimate of drug-likeness (QED) is 0.456. The van der Waals surface area contributed by atoms with Crippen molar-refractivity contribution >= 4 is 23.2 Å². The van der Waals surface area contributed by atoms with Crippen LogP contribution in [0, 0.1) is 0 Å². The van der Waals surface area contributed by atoms with Gasteiger partial charge >= 0.3 is 5.69 Å². The Kier molecular flexibility index (Phi) is 3.52. The molecule has 0 bridgehead atoms. The first-order valence-electron chi connectivity index (χ1n) is 9.22. The highest BCUT2D eigenvalue weighted by atomic mass is 16.2. The summed E-state index contributed by atoms with van der Waals surface area (Å²) >= 11 is 0. The first kappa shape index (κ1) is 16.6. The maximum Gasteiger partial charge on any atom is 0.332 e. The monoisotopic (exact) mass is 369 g/mol. The van der Waals surface area contributed by atoms with Crippen molar-refractivity contribution in [3.63, 3.8) is 0 Å². The maximum atomic E-state index is 13.1. The van der Waals surface area contributed by atoms with Crippen molar-refractivity contribution in [2.75, 3.05) is 0 Å². The molecule has 0 saturated heterocycles. The van der Waals surface area contributed by atoms with E-state index in [1.165, 1.54) is 17.2 Å². The molecule has 0 unspecified atom stereocenters. The molecular weight excluding hydrogens is 350 g/mol. The minimum absolute atomic E-state index is 0.264. The second-order valence-corrected chi connectivity index (χ2v) is 7.14. The summed E-state index contributed by atoms with van der Waals surface area (Å²) in [4.78, 5) is 25.8. The molecule has 5 nitrogen and oxygen atoms in total. The molecule has 0 fully saturated rings. The van der Waals surface area contributed by atoms with Gasteiger partial charge in [-0.1, -0.05) is 54.6 Å². The maximum absolute atomic E-state index is 13.1. The van der Waals surface area contributed by atoms with Crippen molar-refractivity contribution in [1.29, 1.82) is 0 Å². The van der Waals surface area contributed by atoms with Crippen LogP contribution in [0.1, 0.15) is 22.4 Å². The Morgan fingerprint density at radius 3 is 2.32 bits per heavy atom. The van der Waals surface area contributed by atoms with Crippen LogP contribution in [0.3, 0.4) is 0 Å². The number of benzene rings is 2. The van der Waals surface area contributed by atoms with Gasteiger partial charge in [0.15, 0.2) is 0 Å². The van der Waals surface area contributed by atoms with E-state index in [1.54, 1.807) is 11.6 Å². The molecule has 0 spiro atoms. The number of hydrogen-bond acceptors (Lipinski definition) is 2. The highest BCUT2D eigenvalue weighted by Crippen LogP contribution is 2.33. The predicted molar refractivity (Wildman–Crippen MR) is 112 cm³/mol. The number of fused-ring (bicyclic) bond motifs is 4. The van der Waals surface area contributed by atoms with Gasteiger partial charge in [0.25, 0.3) is 5.56 Å². The predicted octanol–water partition coefficient (Wildman–Crippen LogP) is 3.10. The van der Waals surface area contributed by atoms with Gasteiger partial charge in [-0.25, -0.2) is 4.79 Å². The molecular formula is C23H19N3O2. The summed E-state index contributed by atoms with van der Waals surface area (Å²) in [6.45, 7) is 0. The first-order chi connectivity index (χ1) is 13.6. The highest BCUT2D eigenvalue weighted by molar-refractivity contribution is 5.94. The lowest BCUT2D eigenvalue weighted by molar-refractivity contribution is 0.703. The fraction of sp³-hybridized carbons (Fsp3) is 0.130. The Labute approximate surface area is 161 Å². The first-order valence-corrected chi connectivity index (χ1v) is 9.22. The van der Waals surface area contributed by atoms with Crippen molar-refractivity contribution in [1.82, 2.24) is 13.7 Å². The van der Waals surface area contributed by atoms with Gasteiger partial charge in [-0.15, -0.1) is 0 Å². The van der Waals surface area contributed by atoms with Crippen LogP contribution in [0.5, 0.6) is 0 Å². The van der Waals surface area contributed by atoms with Gasteiger partial charge in [-0.05, 0) is 23.3 Å². The molecule has 1 aliphatic carbocycles. The third-order valence-corrected chi connectivity index (χ3v) is 5.55. The van der Waals surface area contributed by atoms with Gasteiger partial charge in [-0.3, -0.25) is 18.5 Å². The smallest absolute Gasteiger partial charge is 0.298 e. The minimum atomic E-state index is -0.327. The molecule has 0 aliphatic heterocycles. The van der Waals surface area contributed by atoms with Gasteiger partial charge < -0.3 is 0 Å². The molecule has 2 aromatic carbocycles. The van der Waals surface area contributed by atoms with E-state index in [0.717, 1.165) is 22.5 Å². The van der Waals surface area contributed by atoms with E-state index in [-0.39, 0.29) is 11.2 Å². The van der Waals surface area contributed by atoms with E-state index >= 15 is 0 Å². The third kappa shape index (κ3) is 2.19. The van der Waals surface area contributed by atoms with Crippen LogP contribution in [-0.2, 0) is 20.5 Å². The molecule has 0 radical (unpaired) electrons. The number of rotatable bonds is 1. The summed E-state index contributed by atoms with van der Waals surface area (Å²) in [5.41, 5.74) is 5.21. The molecule has 5 rings (SSSR count). The van der Waals surface area contributed by atoms with E-state index in [0.29, 0.717) is 17.5 Å². The Bertz CT molecular complexity index is 1390. The summed E-state index contributed by atoms with van der Waals surface area (Å²) in [5, 5.41) is 0.576. The van der Waals surface area contributed by atoms with Crippen LogP contribution < -0.4 is 11.2 Å². The standard InChI is InChI=1S/C23H19N3O2/c1-24-21-20(22(27)25(2)23(24)28)18-13-12-15-8-6-7-9-16(15)14-19(18)26(21)17-10-4-3-5-11-17/h3-13H,14H2,1-2H3. The number of aromatic nitrogens is 3. The van der Waals surface area contributed by atoms with Crippen molar-refractivity contribution in [3.8, 4) is 5.69 Å². The number of para-hydroxylation sites is 1. The Hall–Kier alpha value is -3.60. The zero-order chi connectivity index (χ0) is 19.4. The normalized spacial score (nSPS) is 12.6. The topological polar surface area (TPSA) is 48.9 Å². The van der Waals surface area contributed by atoms with E-state index < -0.39 is 0 Å². The fourth-order valence-corrected chi connectivity index (χ4v) is 4.14. The molecule has 2 aromatic heterocycles. The minimum Gasteiger partial charge on any atom is -0.298 e. The summed E-state index contributed by atoms with van der Waals surface area (Å²) in [6, 6.07) is 18.1. The summed E-state index contributed by atoms with van der Waals surface area (Å²) in [6.07, 6.45) is 4.74. The molecule has 4 aromatic rings. The molecule has 0 saturated carbocycles. The lowest BCUT2D eigenvalue weighted by Gasteiger charge is -2.14. The van der Waals surface area contributed by atoms with Gasteiger partial charge in [0.05, 0.1) is 5.39 Å². The van der Waals surface area contributed by atoms with Crippen LogP contribution in [-0.4, -0.2) is 13.7 Å². The van der Waals surface area contributed by atoms with Gasteiger partial charge in [0.1, 0.15) is 5.65 Å². The van der Waals surface area contributed by atoms with E-state index in [2.05, 4.69) is 22.8 Å². The molecule has 5 heteroatoms. The third-order valence-electron chi connectivity index (χ3n) is 5.55. The van der Waals surface area contributed by atoms with E-state index in [9.17, 15) is 9.59 Å². The molecule has 2 heterocycles.